The van der Waals surface area contributed by atoms with E-state index in [2.05, 4.69) is 65.6 Å². The minimum absolute atomic E-state index is 0.0704. The van der Waals surface area contributed by atoms with Gasteiger partial charge in [0, 0.05) is 35.8 Å². The van der Waals surface area contributed by atoms with Gasteiger partial charge in [-0.3, -0.25) is 14.3 Å². The predicted molar refractivity (Wildman–Crippen MR) is 151 cm³/mol. The van der Waals surface area contributed by atoms with Crippen LogP contribution in [0.5, 0.6) is 0 Å². The van der Waals surface area contributed by atoms with E-state index in [9.17, 15) is 4.79 Å². The van der Waals surface area contributed by atoms with E-state index in [-0.39, 0.29) is 11.6 Å². The van der Waals surface area contributed by atoms with E-state index in [0.29, 0.717) is 6.54 Å². The highest BCUT2D eigenvalue weighted by Crippen LogP contribution is 2.30. The van der Waals surface area contributed by atoms with E-state index in [1.165, 1.54) is 15.3 Å². The van der Waals surface area contributed by atoms with Crippen LogP contribution in [-0.4, -0.2) is 21.0 Å². The minimum atomic E-state index is -0.214. The van der Waals surface area contributed by atoms with Gasteiger partial charge >= 0.3 is 0 Å². The van der Waals surface area contributed by atoms with Crippen molar-refractivity contribution in [2.75, 3.05) is 6.54 Å². The third kappa shape index (κ3) is 4.80. The summed E-state index contributed by atoms with van der Waals surface area (Å²) in [7, 11) is 0. The molecule has 5 heteroatoms. The van der Waals surface area contributed by atoms with Crippen molar-refractivity contribution in [1.29, 1.82) is 0 Å². The summed E-state index contributed by atoms with van der Waals surface area (Å²) >= 11 is 1.83. The fourth-order valence-corrected chi connectivity index (χ4v) is 6.36. The van der Waals surface area contributed by atoms with Crippen LogP contribution in [-0.2, 0) is 19.5 Å². The summed E-state index contributed by atoms with van der Waals surface area (Å²) in [6.45, 7) is 4.33. The lowest BCUT2D eigenvalue weighted by Gasteiger charge is -2.30. The van der Waals surface area contributed by atoms with Crippen molar-refractivity contribution in [2.45, 2.75) is 32.5 Å². The normalized spacial score (nSPS) is 13.6. The van der Waals surface area contributed by atoms with Gasteiger partial charge < -0.3 is 0 Å². The van der Waals surface area contributed by atoms with Crippen LogP contribution >= 0.6 is 11.3 Å². The molecular weight excluding hydrogens is 474 g/mol. The molecule has 1 aliphatic heterocycles. The highest BCUT2D eigenvalue weighted by molar-refractivity contribution is 7.15. The molecule has 0 radical (unpaired) electrons. The molecule has 2 aromatic heterocycles. The molecule has 37 heavy (non-hydrogen) atoms. The van der Waals surface area contributed by atoms with Crippen molar-refractivity contribution in [3.8, 4) is 10.4 Å². The van der Waals surface area contributed by atoms with E-state index in [1.807, 2.05) is 65.3 Å². The van der Waals surface area contributed by atoms with Crippen molar-refractivity contribution in [3.63, 3.8) is 0 Å². The predicted octanol–water partition coefficient (Wildman–Crippen LogP) is 6.48. The van der Waals surface area contributed by atoms with Crippen molar-refractivity contribution in [3.05, 3.63) is 147 Å². The Balaban J connectivity index is 1.33. The minimum Gasteiger partial charge on any atom is -0.293 e. The molecule has 0 aliphatic carbocycles. The molecule has 0 bridgehead atoms. The zero-order chi connectivity index (χ0) is 25.2. The van der Waals surface area contributed by atoms with Gasteiger partial charge in [-0.2, -0.15) is 0 Å². The summed E-state index contributed by atoms with van der Waals surface area (Å²) in [4.78, 5) is 24.1. The molecule has 0 spiro atoms. The Kier molecular flexibility index (Phi) is 6.56. The third-order valence-electron chi connectivity index (χ3n) is 7.11. The van der Waals surface area contributed by atoms with Crippen molar-refractivity contribution in [1.82, 2.24) is 14.5 Å². The summed E-state index contributed by atoms with van der Waals surface area (Å²) in [5.41, 5.74) is 5.26. The molecule has 0 fully saturated rings. The first-order valence-corrected chi connectivity index (χ1v) is 13.6. The SMILES string of the molecule is Cc1nc2c(c(=O)n1C(c1ccccc1)c1ccccc1)CN(Cc1ccc(-c3ccccc3)s1)CC2. The Hall–Kier alpha value is -3.80. The van der Waals surface area contributed by atoms with Crippen LogP contribution in [0.15, 0.2) is 108 Å². The second kappa shape index (κ2) is 10.3. The van der Waals surface area contributed by atoms with Gasteiger partial charge in [-0.05, 0) is 35.7 Å². The Morgan fingerprint density at radius 3 is 2.11 bits per heavy atom. The van der Waals surface area contributed by atoms with Crippen LogP contribution in [0.1, 0.15) is 39.1 Å². The summed E-state index contributed by atoms with van der Waals surface area (Å²) in [5, 5.41) is 0. The molecule has 0 saturated heterocycles. The molecule has 0 unspecified atom stereocenters. The summed E-state index contributed by atoms with van der Waals surface area (Å²) in [6, 6.07) is 35.2. The lowest BCUT2D eigenvalue weighted by molar-refractivity contribution is 0.242. The quantitative estimate of drug-likeness (QED) is 0.266. The first-order chi connectivity index (χ1) is 18.2. The van der Waals surface area contributed by atoms with E-state index >= 15 is 0 Å². The molecule has 6 rings (SSSR count). The molecule has 0 atom stereocenters. The Morgan fingerprint density at radius 1 is 0.838 bits per heavy atom. The van der Waals surface area contributed by atoms with Gasteiger partial charge in [0.05, 0.1) is 17.3 Å². The zero-order valence-corrected chi connectivity index (χ0v) is 21.7. The summed E-state index contributed by atoms with van der Waals surface area (Å²) in [6.07, 6.45) is 0.796. The lowest BCUT2D eigenvalue weighted by atomic mass is 9.97. The fraction of sp³-hybridized carbons (Fsp3) is 0.188. The van der Waals surface area contributed by atoms with Crippen molar-refractivity contribution < 1.29 is 0 Å². The number of fused-ring (bicyclic) bond motifs is 1. The van der Waals surface area contributed by atoms with Crippen LogP contribution in [0.25, 0.3) is 10.4 Å². The molecule has 1 aliphatic rings. The second-order valence-electron chi connectivity index (χ2n) is 9.58. The first-order valence-electron chi connectivity index (χ1n) is 12.7. The fourth-order valence-electron chi connectivity index (χ4n) is 5.31. The number of hydrogen-bond donors (Lipinski definition) is 0. The van der Waals surface area contributed by atoms with Crippen LogP contribution in [0, 0.1) is 6.92 Å². The summed E-state index contributed by atoms with van der Waals surface area (Å²) < 4.78 is 1.89. The third-order valence-corrected chi connectivity index (χ3v) is 8.22. The molecule has 0 amide bonds. The van der Waals surface area contributed by atoms with Crippen LogP contribution in [0.4, 0.5) is 0 Å². The number of benzene rings is 3. The van der Waals surface area contributed by atoms with E-state index < -0.39 is 0 Å². The smallest absolute Gasteiger partial charge is 0.259 e. The first kappa shape index (κ1) is 23.6. The van der Waals surface area contributed by atoms with Gasteiger partial charge in [0.1, 0.15) is 5.82 Å². The van der Waals surface area contributed by atoms with Gasteiger partial charge in [-0.1, -0.05) is 91.0 Å². The van der Waals surface area contributed by atoms with Crippen molar-refractivity contribution >= 4 is 11.3 Å². The molecule has 184 valence electrons. The van der Waals surface area contributed by atoms with Gasteiger partial charge in [0.2, 0.25) is 0 Å². The van der Waals surface area contributed by atoms with Gasteiger partial charge in [0.15, 0.2) is 0 Å². The second-order valence-corrected chi connectivity index (χ2v) is 10.7. The van der Waals surface area contributed by atoms with Gasteiger partial charge in [-0.15, -0.1) is 11.3 Å². The highest BCUT2D eigenvalue weighted by Gasteiger charge is 2.27. The molecule has 0 saturated carbocycles. The topological polar surface area (TPSA) is 38.1 Å². The monoisotopic (exact) mass is 503 g/mol. The van der Waals surface area contributed by atoms with E-state index in [0.717, 1.165) is 47.7 Å². The molecule has 5 aromatic rings. The van der Waals surface area contributed by atoms with E-state index in [1.54, 1.807) is 0 Å². The average Bonchev–Trinajstić information content (AvgIpc) is 3.41. The Labute approximate surface area is 221 Å². The van der Waals surface area contributed by atoms with Crippen LogP contribution in [0.3, 0.4) is 0 Å². The number of rotatable bonds is 6. The molecule has 0 N–H and O–H groups in total. The van der Waals surface area contributed by atoms with Crippen LogP contribution in [0.2, 0.25) is 0 Å². The largest absolute Gasteiger partial charge is 0.293 e. The van der Waals surface area contributed by atoms with Gasteiger partial charge in [0.25, 0.3) is 5.56 Å². The maximum Gasteiger partial charge on any atom is 0.259 e. The number of hydrogen-bond acceptors (Lipinski definition) is 4. The lowest BCUT2D eigenvalue weighted by Crippen LogP contribution is -2.40. The maximum atomic E-state index is 14.1. The van der Waals surface area contributed by atoms with Crippen molar-refractivity contribution in [2.24, 2.45) is 0 Å². The average molecular weight is 504 g/mol. The van der Waals surface area contributed by atoms with E-state index in [4.69, 9.17) is 4.98 Å². The maximum absolute atomic E-state index is 14.1. The zero-order valence-electron chi connectivity index (χ0n) is 20.9. The van der Waals surface area contributed by atoms with Gasteiger partial charge in [-0.25, -0.2) is 4.98 Å². The number of nitrogens with zero attached hydrogens (tertiary/aromatic N) is 3. The number of thiophene rings is 1. The van der Waals surface area contributed by atoms with Crippen LogP contribution < -0.4 is 5.56 Å². The molecule has 3 aromatic carbocycles. The molecule has 3 heterocycles. The highest BCUT2D eigenvalue weighted by atomic mass is 32.1. The number of aromatic nitrogens is 2. The standard InChI is InChI=1S/C32H29N3OS/c1-23-33-29-19-20-34(21-27-17-18-30(37-27)24-11-5-2-6-12-24)22-28(29)32(36)35(23)31(25-13-7-3-8-14-25)26-15-9-4-10-16-26/h2-18,31H,19-22H2,1H3. The molecule has 4 nitrogen and oxygen atoms in total. The Bertz CT molecular complexity index is 1520. The summed E-state index contributed by atoms with van der Waals surface area (Å²) in [5.74, 6) is 0.765. The molecular formula is C32H29N3OS. The Morgan fingerprint density at radius 2 is 1.46 bits per heavy atom. The number of aryl methyl sites for hydroxylation is 1.